The Hall–Kier alpha value is -0.810. The molecule has 6 heteroatoms. The van der Waals surface area contributed by atoms with Gasteiger partial charge in [-0.25, -0.2) is 0 Å². The molecule has 0 heterocycles. The van der Waals surface area contributed by atoms with E-state index in [0.717, 1.165) is 0 Å². The average Bonchev–Trinajstić information content (AvgIpc) is 2.24. The summed E-state index contributed by atoms with van der Waals surface area (Å²) in [5.74, 6) is -0.261. The maximum absolute atomic E-state index is 11.4. The first kappa shape index (κ1) is 13.3. The van der Waals surface area contributed by atoms with Gasteiger partial charge in [-0.1, -0.05) is 29.3 Å². The second-order valence-electron chi connectivity index (χ2n) is 3.05. The maximum atomic E-state index is 11.4. The summed E-state index contributed by atoms with van der Waals surface area (Å²) in [5.41, 5.74) is 0.404. The standard InChI is InChI=1S/C10H12Cl2N2O2/c11-7-2-1-3-8(12)10(7)14-9(16)6-13-4-5-15/h1-3,13,15H,4-6H2,(H,14,16). The number of halogens is 2. The van der Waals surface area contributed by atoms with E-state index in [4.69, 9.17) is 28.3 Å². The van der Waals surface area contributed by atoms with Crippen LogP contribution in [0.1, 0.15) is 0 Å². The lowest BCUT2D eigenvalue weighted by atomic mass is 10.3. The molecular formula is C10H12Cl2N2O2. The number of carbonyl (C=O) groups is 1. The highest BCUT2D eigenvalue weighted by molar-refractivity contribution is 6.39. The number of aliphatic hydroxyl groups excluding tert-OH is 1. The van der Waals surface area contributed by atoms with Crippen molar-refractivity contribution in [3.63, 3.8) is 0 Å². The number of para-hydroxylation sites is 1. The van der Waals surface area contributed by atoms with E-state index in [1.54, 1.807) is 18.2 Å². The summed E-state index contributed by atoms with van der Waals surface area (Å²) in [6, 6.07) is 4.98. The maximum Gasteiger partial charge on any atom is 0.238 e. The molecule has 1 amide bonds. The molecule has 4 nitrogen and oxygen atoms in total. The summed E-state index contributed by atoms with van der Waals surface area (Å²) in [6.45, 7) is 0.450. The van der Waals surface area contributed by atoms with Crippen molar-refractivity contribution in [2.75, 3.05) is 25.0 Å². The van der Waals surface area contributed by atoms with Crippen molar-refractivity contribution in [1.29, 1.82) is 0 Å². The van der Waals surface area contributed by atoms with Crippen LogP contribution in [0.4, 0.5) is 5.69 Å². The van der Waals surface area contributed by atoms with Crippen molar-refractivity contribution < 1.29 is 9.90 Å². The molecule has 0 saturated carbocycles. The summed E-state index contributed by atoms with van der Waals surface area (Å²) >= 11 is 11.8. The lowest BCUT2D eigenvalue weighted by Gasteiger charge is -2.09. The van der Waals surface area contributed by atoms with E-state index in [0.29, 0.717) is 22.3 Å². The number of hydrogen-bond acceptors (Lipinski definition) is 3. The van der Waals surface area contributed by atoms with Crippen LogP contribution in [0, 0.1) is 0 Å². The van der Waals surface area contributed by atoms with Gasteiger partial charge < -0.3 is 15.7 Å². The second kappa shape index (κ2) is 6.70. The fourth-order valence-corrected chi connectivity index (χ4v) is 1.57. The molecule has 0 unspecified atom stereocenters. The van der Waals surface area contributed by atoms with Crippen LogP contribution in [-0.2, 0) is 4.79 Å². The van der Waals surface area contributed by atoms with Crippen molar-refractivity contribution in [3.8, 4) is 0 Å². The second-order valence-corrected chi connectivity index (χ2v) is 3.86. The number of anilines is 1. The average molecular weight is 263 g/mol. The zero-order valence-electron chi connectivity index (χ0n) is 8.46. The Morgan fingerprint density at radius 1 is 1.31 bits per heavy atom. The number of aliphatic hydroxyl groups is 1. The van der Waals surface area contributed by atoms with Crippen molar-refractivity contribution in [3.05, 3.63) is 28.2 Å². The zero-order chi connectivity index (χ0) is 12.0. The summed E-state index contributed by atoms with van der Waals surface area (Å²) in [5, 5.41) is 14.6. The van der Waals surface area contributed by atoms with Crippen LogP contribution >= 0.6 is 23.2 Å². The molecule has 88 valence electrons. The highest BCUT2D eigenvalue weighted by Crippen LogP contribution is 2.29. The summed E-state index contributed by atoms with van der Waals surface area (Å²) in [4.78, 5) is 11.4. The fraction of sp³-hybridized carbons (Fsp3) is 0.300. The molecule has 0 bridgehead atoms. The van der Waals surface area contributed by atoms with Gasteiger partial charge in [-0.2, -0.15) is 0 Å². The first-order valence-corrected chi connectivity index (χ1v) is 5.46. The number of hydrogen-bond donors (Lipinski definition) is 3. The van der Waals surface area contributed by atoms with Crippen LogP contribution in [0.15, 0.2) is 18.2 Å². The van der Waals surface area contributed by atoms with Gasteiger partial charge >= 0.3 is 0 Å². The quantitative estimate of drug-likeness (QED) is 0.706. The fourth-order valence-electron chi connectivity index (χ4n) is 1.08. The van der Waals surface area contributed by atoms with Crippen LogP contribution in [0.3, 0.4) is 0 Å². The van der Waals surface area contributed by atoms with Crippen LogP contribution in [0.2, 0.25) is 10.0 Å². The Kier molecular flexibility index (Phi) is 5.55. The molecule has 0 aliphatic heterocycles. The molecule has 1 aromatic rings. The molecule has 0 atom stereocenters. The third-order valence-electron chi connectivity index (χ3n) is 1.80. The number of benzene rings is 1. The predicted molar refractivity (Wildman–Crippen MR) is 65.0 cm³/mol. The molecule has 3 N–H and O–H groups in total. The first-order valence-electron chi connectivity index (χ1n) is 4.70. The third kappa shape index (κ3) is 3.98. The van der Waals surface area contributed by atoms with E-state index < -0.39 is 0 Å². The molecule has 0 aromatic heterocycles. The third-order valence-corrected chi connectivity index (χ3v) is 2.43. The minimum absolute atomic E-state index is 0.0138. The van der Waals surface area contributed by atoms with Gasteiger partial charge in [0.1, 0.15) is 0 Å². The van der Waals surface area contributed by atoms with Gasteiger partial charge in [0.2, 0.25) is 5.91 Å². The van der Waals surface area contributed by atoms with Crippen molar-refractivity contribution in [2.24, 2.45) is 0 Å². The van der Waals surface area contributed by atoms with Crippen LogP contribution < -0.4 is 10.6 Å². The molecule has 0 radical (unpaired) electrons. The predicted octanol–water partition coefficient (Wildman–Crippen LogP) is 1.51. The highest BCUT2D eigenvalue weighted by atomic mass is 35.5. The molecule has 0 aliphatic rings. The Morgan fingerprint density at radius 2 is 1.94 bits per heavy atom. The zero-order valence-corrected chi connectivity index (χ0v) is 9.98. The van der Waals surface area contributed by atoms with Crippen molar-refractivity contribution >= 4 is 34.8 Å². The minimum atomic E-state index is -0.261. The molecule has 0 spiro atoms. The Morgan fingerprint density at radius 3 is 2.50 bits per heavy atom. The monoisotopic (exact) mass is 262 g/mol. The molecule has 1 rings (SSSR count). The minimum Gasteiger partial charge on any atom is -0.395 e. The smallest absolute Gasteiger partial charge is 0.238 e. The van der Waals surface area contributed by atoms with E-state index >= 15 is 0 Å². The van der Waals surface area contributed by atoms with Gasteiger partial charge in [0.05, 0.1) is 28.9 Å². The van der Waals surface area contributed by atoms with E-state index in [9.17, 15) is 4.79 Å². The number of rotatable bonds is 5. The Bertz CT molecular complexity index is 352. The van der Waals surface area contributed by atoms with Gasteiger partial charge in [0.25, 0.3) is 0 Å². The van der Waals surface area contributed by atoms with Crippen LogP contribution in [-0.4, -0.2) is 30.7 Å². The number of nitrogens with one attached hydrogen (secondary N) is 2. The van der Waals surface area contributed by atoms with Gasteiger partial charge in [-0.15, -0.1) is 0 Å². The molecule has 16 heavy (non-hydrogen) atoms. The van der Waals surface area contributed by atoms with Gasteiger partial charge in [-0.3, -0.25) is 4.79 Å². The van der Waals surface area contributed by atoms with E-state index in [-0.39, 0.29) is 19.1 Å². The van der Waals surface area contributed by atoms with E-state index in [1.165, 1.54) is 0 Å². The molecule has 0 fully saturated rings. The molecule has 0 aliphatic carbocycles. The Balaban J connectivity index is 2.56. The van der Waals surface area contributed by atoms with Gasteiger partial charge in [0, 0.05) is 6.54 Å². The van der Waals surface area contributed by atoms with Crippen LogP contribution in [0.5, 0.6) is 0 Å². The molecule has 0 saturated heterocycles. The lowest BCUT2D eigenvalue weighted by Crippen LogP contribution is -2.30. The first-order chi connectivity index (χ1) is 7.65. The largest absolute Gasteiger partial charge is 0.395 e. The molecular weight excluding hydrogens is 251 g/mol. The van der Waals surface area contributed by atoms with E-state index in [1.807, 2.05) is 0 Å². The van der Waals surface area contributed by atoms with Gasteiger partial charge in [-0.05, 0) is 12.1 Å². The lowest BCUT2D eigenvalue weighted by molar-refractivity contribution is -0.115. The number of amides is 1. The van der Waals surface area contributed by atoms with E-state index in [2.05, 4.69) is 10.6 Å². The Labute approximate surface area is 104 Å². The summed E-state index contributed by atoms with van der Waals surface area (Å²) in [6.07, 6.45) is 0. The summed E-state index contributed by atoms with van der Waals surface area (Å²) in [7, 11) is 0. The van der Waals surface area contributed by atoms with Gasteiger partial charge in [0.15, 0.2) is 0 Å². The van der Waals surface area contributed by atoms with Crippen molar-refractivity contribution in [1.82, 2.24) is 5.32 Å². The number of carbonyl (C=O) groups excluding carboxylic acids is 1. The van der Waals surface area contributed by atoms with Crippen LogP contribution in [0.25, 0.3) is 0 Å². The highest BCUT2D eigenvalue weighted by Gasteiger charge is 2.08. The van der Waals surface area contributed by atoms with Crippen molar-refractivity contribution in [2.45, 2.75) is 0 Å². The topological polar surface area (TPSA) is 61.4 Å². The normalized spacial score (nSPS) is 10.2. The summed E-state index contributed by atoms with van der Waals surface area (Å²) < 4.78 is 0. The SMILES string of the molecule is O=C(CNCCO)Nc1c(Cl)cccc1Cl. The molecule has 1 aromatic carbocycles.